The van der Waals surface area contributed by atoms with Crippen molar-refractivity contribution in [2.24, 2.45) is 5.73 Å². The fourth-order valence-corrected chi connectivity index (χ4v) is 2.29. The van der Waals surface area contributed by atoms with Crippen LogP contribution in [0, 0.1) is 11.8 Å². The zero-order valence-corrected chi connectivity index (χ0v) is 11.2. The van der Waals surface area contributed by atoms with E-state index >= 15 is 0 Å². The summed E-state index contributed by atoms with van der Waals surface area (Å²) in [5, 5.41) is 0. The number of nitrogens with two attached hydrogens (primary N) is 1. The van der Waals surface area contributed by atoms with Crippen molar-refractivity contribution < 1.29 is 4.79 Å². The molecule has 1 atom stereocenters. The summed E-state index contributed by atoms with van der Waals surface area (Å²) in [6.45, 7) is 3.25. The first-order valence-electron chi connectivity index (χ1n) is 6.68. The van der Waals surface area contributed by atoms with Crippen molar-refractivity contribution in [3.05, 3.63) is 29.6 Å². The van der Waals surface area contributed by atoms with Gasteiger partial charge in [0.25, 0.3) is 5.91 Å². The average Bonchev–Trinajstić information content (AvgIpc) is 2.45. The standard InChI is InChI=1S/C15H19N3O/c1-12-5-2-3-10-18(12)15(19)14-8-7-13(11-17-14)6-4-9-16/h7-8,11-12H,2-3,5,9-10,16H2,1H3. The Morgan fingerprint density at radius 1 is 1.53 bits per heavy atom. The van der Waals surface area contributed by atoms with E-state index in [0.29, 0.717) is 18.3 Å². The van der Waals surface area contributed by atoms with E-state index in [1.54, 1.807) is 12.3 Å². The Morgan fingerprint density at radius 2 is 2.37 bits per heavy atom. The first-order valence-corrected chi connectivity index (χ1v) is 6.68. The topological polar surface area (TPSA) is 59.2 Å². The molecule has 100 valence electrons. The molecule has 1 aromatic heterocycles. The van der Waals surface area contributed by atoms with Crippen LogP contribution in [-0.4, -0.2) is 34.9 Å². The van der Waals surface area contributed by atoms with Gasteiger partial charge in [-0.05, 0) is 38.3 Å². The Morgan fingerprint density at radius 3 is 3.00 bits per heavy atom. The van der Waals surface area contributed by atoms with Crippen LogP contribution in [0.2, 0.25) is 0 Å². The van der Waals surface area contributed by atoms with Gasteiger partial charge >= 0.3 is 0 Å². The van der Waals surface area contributed by atoms with E-state index in [1.165, 1.54) is 6.42 Å². The SMILES string of the molecule is CC1CCCCN1C(=O)c1ccc(C#CCN)cn1. The average molecular weight is 257 g/mol. The number of nitrogens with zero attached hydrogens (tertiary/aromatic N) is 2. The van der Waals surface area contributed by atoms with Crippen molar-refractivity contribution in [2.75, 3.05) is 13.1 Å². The number of pyridine rings is 1. The van der Waals surface area contributed by atoms with Gasteiger partial charge in [0.1, 0.15) is 5.69 Å². The predicted molar refractivity (Wildman–Crippen MR) is 74.5 cm³/mol. The van der Waals surface area contributed by atoms with Gasteiger partial charge in [-0.3, -0.25) is 4.79 Å². The minimum Gasteiger partial charge on any atom is -0.335 e. The maximum atomic E-state index is 12.3. The van der Waals surface area contributed by atoms with Gasteiger partial charge in [-0.25, -0.2) is 4.98 Å². The number of piperidine rings is 1. The molecule has 1 aromatic rings. The van der Waals surface area contributed by atoms with E-state index in [1.807, 2.05) is 11.0 Å². The highest BCUT2D eigenvalue weighted by molar-refractivity contribution is 5.92. The number of carbonyl (C=O) groups is 1. The van der Waals surface area contributed by atoms with E-state index < -0.39 is 0 Å². The lowest BCUT2D eigenvalue weighted by Gasteiger charge is -2.33. The molecule has 1 unspecified atom stereocenters. The van der Waals surface area contributed by atoms with Crippen LogP contribution in [0.4, 0.5) is 0 Å². The monoisotopic (exact) mass is 257 g/mol. The van der Waals surface area contributed by atoms with E-state index in [2.05, 4.69) is 23.7 Å². The molecule has 0 radical (unpaired) electrons. The lowest BCUT2D eigenvalue weighted by Crippen LogP contribution is -2.42. The van der Waals surface area contributed by atoms with Crippen LogP contribution in [-0.2, 0) is 0 Å². The van der Waals surface area contributed by atoms with E-state index in [4.69, 9.17) is 5.73 Å². The third-order valence-corrected chi connectivity index (χ3v) is 3.38. The van der Waals surface area contributed by atoms with Gasteiger partial charge in [0.05, 0.1) is 6.54 Å². The molecule has 4 heteroatoms. The normalized spacial score (nSPS) is 18.6. The molecule has 19 heavy (non-hydrogen) atoms. The first kappa shape index (κ1) is 13.6. The van der Waals surface area contributed by atoms with Gasteiger partial charge in [-0.1, -0.05) is 11.8 Å². The van der Waals surface area contributed by atoms with Crippen molar-refractivity contribution in [3.63, 3.8) is 0 Å². The first-order chi connectivity index (χ1) is 9.22. The zero-order chi connectivity index (χ0) is 13.7. The van der Waals surface area contributed by atoms with Gasteiger partial charge in [0.15, 0.2) is 0 Å². The number of rotatable bonds is 1. The second kappa shape index (κ2) is 6.35. The fraction of sp³-hybridized carbons (Fsp3) is 0.467. The van der Waals surface area contributed by atoms with E-state index in [0.717, 1.165) is 24.9 Å². The minimum atomic E-state index is 0.0190. The van der Waals surface area contributed by atoms with Gasteiger partial charge in [-0.2, -0.15) is 0 Å². The molecule has 2 rings (SSSR count). The Bertz CT molecular complexity index is 498. The molecular formula is C15H19N3O. The number of aromatic nitrogens is 1. The van der Waals surface area contributed by atoms with Crippen molar-refractivity contribution in [3.8, 4) is 11.8 Å². The highest BCUT2D eigenvalue weighted by Gasteiger charge is 2.24. The fourth-order valence-electron chi connectivity index (χ4n) is 2.29. The molecule has 0 aliphatic carbocycles. The number of likely N-dealkylation sites (tertiary alicyclic amines) is 1. The van der Waals surface area contributed by atoms with Gasteiger partial charge in [0, 0.05) is 24.3 Å². The quantitative estimate of drug-likeness (QED) is 0.774. The van der Waals surface area contributed by atoms with Crippen LogP contribution in [0.1, 0.15) is 42.2 Å². The van der Waals surface area contributed by atoms with Crippen LogP contribution in [0.5, 0.6) is 0 Å². The molecule has 2 N–H and O–H groups in total. The third kappa shape index (κ3) is 3.33. The molecule has 1 saturated heterocycles. The second-order valence-electron chi connectivity index (χ2n) is 4.78. The molecular weight excluding hydrogens is 238 g/mol. The maximum absolute atomic E-state index is 12.3. The van der Waals surface area contributed by atoms with Gasteiger partial charge < -0.3 is 10.6 Å². The highest BCUT2D eigenvalue weighted by atomic mass is 16.2. The largest absolute Gasteiger partial charge is 0.335 e. The molecule has 0 aromatic carbocycles. The molecule has 2 heterocycles. The molecule has 1 fully saturated rings. The summed E-state index contributed by atoms with van der Waals surface area (Å²) in [7, 11) is 0. The molecule has 0 saturated carbocycles. The van der Waals surface area contributed by atoms with Gasteiger partial charge in [-0.15, -0.1) is 0 Å². The van der Waals surface area contributed by atoms with Crippen molar-refractivity contribution >= 4 is 5.91 Å². The van der Waals surface area contributed by atoms with Crippen LogP contribution < -0.4 is 5.73 Å². The Kier molecular flexibility index (Phi) is 4.53. The Balaban J connectivity index is 2.10. The summed E-state index contributed by atoms with van der Waals surface area (Å²) in [6, 6.07) is 3.86. The Hall–Kier alpha value is -1.86. The molecule has 0 spiro atoms. The summed E-state index contributed by atoms with van der Waals surface area (Å²) in [5.41, 5.74) is 6.59. The van der Waals surface area contributed by atoms with Crippen LogP contribution >= 0.6 is 0 Å². The zero-order valence-electron chi connectivity index (χ0n) is 11.2. The summed E-state index contributed by atoms with van der Waals surface area (Å²) in [5.74, 6) is 5.68. The maximum Gasteiger partial charge on any atom is 0.272 e. The lowest BCUT2D eigenvalue weighted by molar-refractivity contribution is 0.0629. The van der Waals surface area contributed by atoms with Crippen LogP contribution in [0.3, 0.4) is 0 Å². The summed E-state index contributed by atoms with van der Waals surface area (Å²) < 4.78 is 0. The molecule has 0 bridgehead atoms. The number of hydrogen-bond acceptors (Lipinski definition) is 3. The van der Waals surface area contributed by atoms with Crippen molar-refractivity contribution in [1.29, 1.82) is 0 Å². The summed E-state index contributed by atoms with van der Waals surface area (Å²) in [6.07, 6.45) is 4.98. The second-order valence-corrected chi connectivity index (χ2v) is 4.78. The smallest absolute Gasteiger partial charge is 0.272 e. The summed E-state index contributed by atoms with van der Waals surface area (Å²) in [4.78, 5) is 18.5. The molecule has 1 aliphatic heterocycles. The van der Waals surface area contributed by atoms with Crippen molar-refractivity contribution in [2.45, 2.75) is 32.2 Å². The lowest BCUT2D eigenvalue weighted by atomic mass is 10.0. The van der Waals surface area contributed by atoms with Gasteiger partial charge in [0.2, 0.25) is 0 Å². The van der Waals surface area contributed by atoms with E-state index in [9.17, 15) is 4.79 Å². The minimum absolute atomic E-state index is 0.0190. The number of carbonyl (C=O) groups excluding carboxylic acids is 1. The van der Waals surface area contributed by atoms with Crippen molar-refractivity contribution in [1.82, 2.24) is 9.88 Å². The van der Waals surface area contributed by atoms with Crippen LogP contribution in [0.15, 0.2) is 18.3 Å². The number of hydrogen-bond donors (Lipinski definition) is 1. The van der Waals surface area contributed by atoms with E-state index in [-0.39, 0.29) is 5.91 Å². The highest BCUT2D eigenvalue weighted by Crippen LogP contribution is 2.18. The third-order valence-electron chi connectivity index (χ3n) is 3.38. The molecule has 1 amide bonds. The Labute approximate surface area is 114 Å². The number of amides is 1. The molecule has 4 nitrogen and oxygen atoms in total. The summed E-state index contributed by atoms with van der Waals surface area (Å²) >= 11 is 0. The predicted octanol–water partition coefficient (Wildman–Crippen LogP) is 1.41. The van der Waals surface area contributed by atoms with Crippen LogP contribution in [0.25, 0.3) is 0 Å². The molecule has 1 aliphatic rings.